The van der Waals surface area contributed by atoms with Crippen LogP contribution in [-0.2, 0) is 4.74 Å². The molecule has 1 heterocycles. The summed E-state index contributed by atoms with van der Waals surface area (Å²) in [7, 11) is 0. The Bertz CT molecular complexity index is 385. The Kier molecular flexibility index (Phi) is 5.01. The molecule has 2 rings (SSSR count). The zero-order chi connectivity index (χ0) is 13.7. The molecule has 0 amide bonds. The molecular formula is C14H22N2O3. The molecule has 0 aromatic heterocycles. The van der Waals surface area contributed by atoms with E-state index < -0.39 is 0 Å². The lowest BCUT2D eigenvalue weighted by molar-refractivity contribution is 0.0382. The highest BCUT2D eigenvalue weighted by atomic mass is 16.5. The monoisotopic (exact) mass is 266 g/mol. The van der Waals surface area contributed by atoms with Gasteiger partial charge in [0.2, 0.25) is 0 Å². The van der Waals surface area contributed by atoms with Crippen LogP contribution >= 0.6 is 0 Å². The third-order valence-electron chi connectivity index (χ3n) is 3.41. The predicted octanol–water partition coefficient (Wildman–Crippen LogP) is 1.08. The molecule has 0 spiro atoms. The van der Waals surface area contributed by atoms with E-state index in [0.717, 1.165) is 45.0 Å². The van der Waals surface area contributed by atoms with E-state index in [4.69, 9.17) is 4.74 Å². The number of hydrogen-bond donors (Lipinski definition) is 3. The minimum Gasteiger partial charge on any atom is -0.508 e. The smallest absolute Gasteiger partial charge is 0.119 e. The van der Waals surface area contributed by atoms with Crippen LogP contribution in [0.25, 0.3) is 0 Å². The maximum atomic E-state index is 9.46. The normalized spacial score (nSPS) is 18.4. The second-order valence-electron chi connectivity index (χ2n) is 4.91. The van der Waals surface area contributed by atoms with E-state index in [1.165, 1.54) is 6.07 Å². The Morgan fingerprint density at radius 1 is 1.21 bits per heavy atom. The van der Waals surface area contributed by atoms with Crippen LogP contribution in [0.4, 0.5) is 0 Å². The van der Waals surface area contributed by atoms with Gasteiger partial charge >= 0.3 is 0 Å². The number of hydrogen-bond acceptors (Lipinski definition) is 5. The fourth-order valence-corrected chi connectivity index (χ4v) is 2.25. The molecule has 1 aliphatic heterocycles. The molecule has 5 heteroatoms. The molecule has 1 aromatic carbocycles. The van der Waals surface area contributed by atoms with Crippen molar-refractivity contribution in [1.82, 2.24) is 10.2 Å². The SMILES string of the molecule is CC(NCCN1CCOCC1)c1cc(O)cc(O)c1. The second-order valence-corrected chi connectivity index (χ2v) is 4.91. The van der Waals surface area contributed by atoms with Gasteiger partial charge in [0.15, 0.2) is 0 Å². The first-order valence-electron chi connectivity index (χ1n) is 6.71. The third kappa shape index (κ3) is 4.38. The highest BCUT2D eigenvalue weighted by molar-refractivity contribution is 5.37. The summed E-state index contributed by atoms with van der Waals surface area (Å²) in [6.07, 6.45) is 0. The summed E-state index contributed by atoms with van der Waals surface area (Å²) in [6, 6.07) is 4.78. The summed E-state index contributed by atoms with van der Waals surface area (Å²) < 4.78 is 5.31. The van der Waals surface area contributed by atoms with Gasteiger partial charge in [-0.25, -0.2) is 0 Å². The topological polar surface area (TPSA) is 65.0 Å². The average Bonchev–Trinajstić information content (AvgIpc) is 2.38. The fourth-order valence-electron chi connectivity index (χ4n) is 2.25. The lowest BCUT2D eigenvalue weighted by atomic mass is 10.1. The largest absolute Gasteiger partial charge is 0.508 e. The molecule has 1 saturated heterocycles. The van der Waals surface area contributed by atoms with Crippen molar-refractivity contribution in [2.24, 2.45) is 0 Å². The molecule has 0 radical (unpaired) electrons. The van der Waals surface area contributed by atoms with Gasteiger partial charge in [-0.15, -0.1) is 0 Å². The Morgan fingerprint density at radius 2 is 1.84 bits per heavy atom. The van der Waals surface area contributed by atoms with Crippen molar-refractivity contribution in [2.45, 2.75) is 13.0 Å². The number of benzene rings is 1. The highest BCUT2D eigenvalue weighted by Crippen LogP contribution is 2.24. The van der Waals surface area contributed by atoms with E-state index in [2.05, 4.69) is 10.2 Å². The van der Waals surface area contributed by atoms with Crippen molar-refractivity contribution < 1.29 is 14.9 Å². The van der Waals surface area contributed by atoms with E-state index in [-0.39, 0.29) is 17.5 Å². The lowest BCUT2D eigenvalue weighted by Gasteiger charge is -2.27. The second kappa shape index (κ2) is 6.75. The van der Waals surface area contributed by atoms with E-state index in [1.54, 1.807) is 12.1 Å². The van der Waals surface area contributed by atoms with Crippen LogP contribution in [0.3, 0.4) is 0 Å². The van der Waals surface area contributed by atoms with Crippen molar-refractivity contribution in [1.29, 1.82) is 0 Å². The summed E-state index contributed by atoms with van der Waals surface area (Å²) in [5.74, 6) is 0.189. The predicted molar refractivity (Wildman–Crippen MR) is 73.4 cm³/mol. The zero-order valence-electron chi connectivity index (χ0n) is 11.3. The molecular weight excluding hydrogens is 244 g/mol. The van der Waals surface area contributed by atoms with Gasteiger partial charge < -0.3 is 20.3 Å². The van der Waals surface area contributed by atoms with Crippen LogP contribution in [-0.4, -0.2) is 54.5 Å². The Balaban J connectivity index is 1.78. The van der Waals surface area contributed by atoms with Crippen molar-refractivity contribution in [3.8, 4) is 11.5 Å². The van der Waals surface area contributed by atoms with Gasteiger partial charge in [0.25, 0.3) is 0 Å². The zero-order valence-corrected chi connectivity index (χ0v) is 11.3. The Hall–Kier alpha value is -1.30. The minimum absolute atomic E-state index is 0.0943. The number of nitrogens with one attached hydrogen (secondary N) is 1. The van der Waals surface area contributed by atoms with Crippen LogP contribution in [0.1, 0.15) is 18.5 Å². The molecule has 1 fully saturated rings. The number of phenols is 2. The summed E-state index contributed by atoms with van der Waals surface area (Å²) in [4.78, 5) is 2.36. The first-order valence-corrected chi connectivity index (χ1v) is 6.71. The molecule has 1 atom stereocenters. The van der Waals surface area contributed by atoms with Gasteiger partial charge in [-0.1, -0.05) is 0 Å². The quantitative estimate of drug-likeness (QED) is 0.744. The molecule has 5 nitrogen and oxygen atoms in total. The average molecular weight is 266 g/mol. The van der Waals surface area contributed by atoms with E-state index in [9.17, 15) is 10.2 Å². The summed E-state index contributed by atoms with van der Waals surface area (Å²) >= 11 is 0. The first kappa shape index (κ1) is 14.1. The molecule has 0 bridgehead atoms. The Morgan fingerprint density at radius 3 is 2.47 bits per heavy atom. The molecule has 1 aromatic rings. The Labute approximate surface area is 113 Å². The molecule has 0 saturated carbocycles. The van der Waals surface area contributed by atoms with Crippen LogP contribution in [0, 0.1) is 0 Å². The maximum Gasteiger partial charge on any atom is 0.119 e. The van der Waals surface area contributed by atoms with Crippen molar-refractivity contribution in [3.63, 3.8) is 0 Å². The highest BCUT2D eigenvalue weighted by Gasteiger charge is 2.11. The van der Waals surface area contributed by atoms with Gasteiger partial charge in [0.1, 0.15) is 11.5 Å². The summed E-state index contributed by atoms with van der Waals surface area (Å²) in [5, 5.41) is 22.3. The van der Waals surface area contributed by atoms with E-state index in [1.807, 2.05) is 6.92 Å². The van der Waals surface area contributed by atoms with Gasteiger partial charge in [0.05, 0.1) is 13.2 Å². The summed E-state index contributed by atoms with van der Waals surface area (Å²) in [5.41, 5.74) is 0.888. The van der Waals surface area contributed by atoms with Crippen molar-refractivity contribution >= 4 is 0 Å². The van der Waals surface area contributed by atoms with Crippen molar-refractivity contribution in [3.05, 3.63) is 23.8 Å². The maximum absolute atomic E-state index is 9.46. The number of nitrogens with zero attached hydrogens (tertiary/aromatic N) is 1. The first-order chi connectivity index (χ1) is 9.15. The number of ether oxygens (including phenoxy) is 1. The number of aromatic hydroxyl groups is 2. The van der Waals surface area contributed by atoms with Crippen molar-refractivity contribution in [2.75, 3.05) is 39.4 Å². The van der Waals surface area contributed by atoms with Gasteiger partial charge in [-0.05, 0) is 24.6 Å². The van der Waals surface area contributed by atoms with Gasteiger partial charge in [0, 0.05) is 38.3 Å². The molecule has 1 unspecified atom stereocenters. The van der Waals surface area contributed by atoms with Crippen LogP contribution in [0.5, 0.6) is 11.5 Å². The molecule has 106 valence electrons. The summed E-state index contributed by atoms with van der Waals surface area (Å²) in [6.45, 7) is 7.49. The van der Waals surface area contributed by atoms with Crippen LogP contribution in [0.2, 0.25) is 0 Å². The van der Waals surface area contributed by atoms with E-state index >= 15 is 0 Å². The van der Waals surface area contributed by atoms with Gasteiger partial charge in [-0.2, -0.15) is 0 Å². The standard InChI is InChI=1S/C14H22N2O3/c1-11(12-8-13(17)10-14(18)9-12)15-2-3-16-4-6-19-7-5-16/h8-11,15,17-18H,2-7H2,1H3. The van der Waals surface area contributed by atoms with Crippen LogP contribution < -0.4 is 5.32 Å². The molecule has 1 aliphatic rings. The number of phenolic OH excluding ortho intramolecular Hbond substituents is 2. The van der Waals surface area contributed by atoms with E-state index in [0.29, 0.717) is 0 Å². The fraction of sp³-hybridized carbons (Fsp3) is 0.571. The van der Waals surface area contributed by atoms with Crippen LogP contribution in [0.15, 0.2) is 18.2 Å². The molecule has 19 heavy (non-hydrogen) atoms. The number of morpholine rings is 1. The van der Waals surface area contributed by atoms with Gasteiger partial charge in [-0.3, -0.25) is 4.90 Å². The molecule has 0 aliphatic carbocycles. The lowest BCUT2D eigenvalue weighted by Crippen LogP contribution is -2.40. The third-order valence-corrected chi connectivity index (χ3v) is 3.41. The molecule has 3 N–H and O–H groups in total. The number of rotatable bonds is 5. The minimum atomic E-state index is 0.0943.